The van der Waals surface area contributed by atoms with Crippen molar-refractivity contribution in [3.05, 3.63) is 83.5 Å². The third kappa shape index (κ3) is 5.64. The Kier molecular flexibility index (Phi) is 8.15. The minimum atomic E-state index is 0.748. The zero-order chi connectivity index (χ0) is 23.4. The molecule has 33 heavy (non-hydrogen) atoms. The minimum absolute atomic E-state index is 0.748. The first-order valence-corrected chi connectivity index (χ1v) is 13.8. The number of benzene rings is 1. The van der Waals surface area contributed by atoms with Crippen molar-refractivity contribution in [1.82, 2.24) is 0 Å². The van der Waals surface area contributed by atoms with E-state index in [0.29, 0.717) is 0 Å². The van der Waals surface area contributed by atoms with Crippen LogP contribution in [0.4, 0.5) is 0 Å². The third-order valence-electron chi connectivity index (χ3n) is 9.67. The zero-order valence-corrected chi connectivity index (χ0v) is 21.5. The average molecular weight is 443 g/mol. The average Bonchev–Trinajstić information content (AvgIpc) is 3.48. The van der Waals surface area contributed by atoms with Crippen LogP contribution in [-0.2, 0) is 6.42 Å². The van der Waals surface area contributed by atoms with Crippen molar-refractivity contribution in [3.8, 4) is 0 Å². The van der Waals surface area contributed by atoms with Crippen LogP contribution >= 0.6 is 0 Å². The van der Waals surface area contributed by atoms with E-state index in [2.05, 4.69) is 76.4 Å². The molecule has 2 unspecified atom stereocenters. The third-order valence-corrected chi connectivity index (χ3v) is 9.67. The lowest BCUT2D eigenvalue weighted by Crippen LogP contribution is -2.18. The molecule has 0 heteroatoms. The minimum Gasteiger partial charge on any atom is -0.0996 e. The van der Waals surface area contributed by atoms with Gasteiger partial charge in [0.2, 0.25) is 0 Å². The highest BCUT2D eigenvalue weighted by atomic mass is 14.4. The van der Waals surface area contributed by atoms with E-state index in [-0.39, 0.29) is 0 Å². The first kappa shape index (κ1) is 24.3. The van der Waals surface area contributed by atoms with Gasteiger partial charge in [-0.1, -0.05) is 87.6 Å². The summed E-state index contributed by atoms with van der Waals surface area (Å²) in [5.41, 5.74) is 7.57. The molecule has 4 rings (SSSR count). The Hall–Kier alpha value is -1.82. The van der Waals surface area contributed by atoms with Gasteiger partial charge in [0.05, 0.1) is 0 Å². The molecule has 1 aromatic rings. The lowest BCUT2D eigenvalue weighted by molar-refractivity contribution is 0.307. The summed E-state index contributed by atoms with van der Waals surface area (Å²) in [5, 5.41) is 0. The predicted molar refractivity (Wildman–Crippen MR) is 144 cm³/mol. The zero-order valence-electron chi connectivity index (χ0n) is 21.5. The summed E-state index contributed by atoms with van der Waals surface area (Å²) in [5.74, 6) is 4.84. The molecule has 0 nitrogen and oxygen atoms in total. The Morgan fingerprint density at radius 3 is 2.39 bits per heavy atom. The van der Waals surface area contributed by atoms with E-state index in [0.717, 1.165) is 48.3 Å². The van der Waals surface area contributed by atoms with Crippen LogP contribution in [0.3, 0.4) is 0 Å². The summed E-state index contributed by atoms with van der Waals surface area (Å²) in [4.78, 5) is 0. The fourth-order valence-corrected chi connectivity index (χ4v) is 7.13. The van der Waals surface area contributed by atoms with Crippen molar-refractivity contribution < 1.29 is 0 Å². The monoisotopic (exact) mass is 442 g/mol. The normalized spacial score (nSPS) is 31.5. The smallest absolute Gasteiger partial charge is 0.00918 e. The van der Waals surface area contributed by atoms with Gasteiger partial charge in [0.25, 0.3) is 0 Å². The van der Waals surface area contributed by atoms with Crippen molar-refractivity contribution in [2.45, 2.75) is 90.9 Å². The largest absolute Gasteiger partial charge is 0.0996 e. The Labute approximate surface area is 204 Å². The standard InChI is InChI=1S/C33H46/c1-6-27-11-9-10-14-33(27)30-19-17-29(18-20-30)24(3)21-32-22-31(25(4)26(32)5)16-15-23(2)28-12-7-8-13-28/h7-12,14,25-26,29-32H,2-3,6,13,15-22H2,1,4-5H3/t25-,26+,29?,30?,31?,32?/m0/s1. The Bertz CT molecular complexity index is 888. The first-order chi connectivity index (χ1) is 16.0. The molecule has 0 amide bonds. The second-order valence-corrected chi connectivity index (χ2v) is 11.4. The Balaban J connectivity index is 1.26. The summed E-state index contributed by atoms with van der Waals surface area (Å²) in [6.07, 6.45) is 19.4. The maximum absolute atomic E-state index is 4.66. The number of rotatable bonds is 9. The molecule has 0 radical (unpaired) electrons. The first-order valence-electron chi connectivity index (χ1n) is 13.8. The summed E-state index contributed by atoms with van der Waals surface area (Å²) in [7, 11) is 0. The molecule has 0 aromatic heterocycles. The van der Waals surface area contributed by atoms with Gasteiger partial charge < -0.3 is 0 Å². The van der Waals surface area contributed by atoms with E-state index in [4.69, 9.17) is 0 Å². The fraction of sp³-hybridized carbons (Fsp3) is 0.576. The molecule has 0 spiro atoms. The quantitative estimate of drug-likeness (QED) is 0.334. The highest BCUT2D eigenvalue weighted by molar-refractivity contribution is 5.37. The van der Waals surface area contributed by atoms with Gasteiger partial charge in [-0.15, -0.1) is 0 Å². The van der Waals surface area contributed by atoms with Crippen molar-refractivity contribution in [2.75, 3.05) is 0 Å². The van der Waals surface area contributed by atoms with Crippen molar-refractivity contribution in [3.63, 3.8) is 0 Å². The van der Waals surface area contributed by atoms with Crippen LogP contribution in [0.2, 0.25) is 0 Å². The van der Waals surface area contributed by atoms with Gasteiger partial charge in [-0.25, -0.2) is 0 Å². The van der Waals surface area contributed by atoms with Gasteiger partial charge in [-0.2, -0.15) is 0 Å². The SMILES string of the molecule is C=C(CCC1CC(CC(=C)C2CCC(c3ccccc3CC)CC2)[C@H](C)[C@@H]1C)C1=CC=CC1. The number of aryl methyl sites for hydroxylation is 1. The van der Waals surface area contributed by atoms with Crippen LogP contribution in [0.5, 0.6) is 0 Å². The molecular formula is C33H46. The lowest BCUT2D eigenvalue weighted by Gasteiger charge is -2.32. The van der Waals surface area contributed by atoms with Crippen LogP contribution < -0.4 is 0 Å². The van der Waals surface area contributed by atoms with Gasteiger partial charge in [0.1, 0.15) is 0 Å². The van der Waals surface area contributed by atoms with E-state index in [1.165, 1.54) is 62.5 Å². The summed E-state index contributed by atoms with van der Waals surface area (Å²) < 4.78 is 0. The van der Waals surface area contributed by atoms with Gasteiger partial charge >= 0.3 is 0 Å². The molecule has 0 bridgehead atoms. The van der Waals surface area contributed by atoms with Crippen LogP contribution in [0.25, 0.3) is 0 Å². The van der Waals surface area contributed by atoms with E-state index in [1.54, 1.807) is 16.7 Å². The molecule has 178 valence electrons. The molecule has 2 saturated carbocycles. The maximum atomic E-state index is 4.66. The van der Waals surface area contributed by atoms with Gasteiger partial charge in [0.15, 0.2) is 0 Å². The molecule has 1 aromatic carbocycles. The molecular weight excluding hydrogens is 396 g/mol. The van der Waals surface area contributed by atoms with E-state index in [9.17, 15) is 0 Å². The number of hydrogen-bond acceptors (Lipinski definition) is 0. The molecule has 4 atom stereocenters. The fourth-order valence-electron chi connectivity index (χ4n) is 7.13. The summed E-state index contributed by atoms with van der Waals surface area (Å²) in [6.45, 7) is 16.4. The van der Waals surface area contributed by atoms with Gasteiger partial charge in [-0.05, 0) is 116 Å². The van der Waals surface area contributed by atoms with E-state index < -0.39 is 0 Å². The highest BCUT2D eigenvalue weighted by Gasteiger charge is 2.38. The predicted octanol–water partition coefficient (Wildman–Crippen LogP) is 9.60. The lowest BCUT2D eigenvalue weighted by atomic mass is 9.73. The van der Waals surface area contributed by atoms with Crippen LogP contribution in [0.15, 0.2) is 72.4 Å². The second-order valence-electron chi connectivity index (χ2n) is 11.4. The van der Waals surface area contributed by atoms with Crippen molar-refractivity contribution >= 4 is 0 Å². The number of allylic oxidation sites excluding steroid dienone is 6. The van der Waals surface area contributed by atoms with Gasteiger partial charge in [0, 0.05) is 0 Å². The molecule has 0 heterocycles. The van der Waals surface area contributed by atoms with Gasteiger partial charge in [-0.3, -0.25) is 0 Å². The van der Waals surface area contributed by atoms with Crippen LogP contribution in [-0.4, -0.2) is 0 Å². The summed E-state index contributed by atoms with van der Waals surface area (Å²) in [6, 6.07) is 9.15. The van der Waals surface area contributed by atoms with E-state index >= 15 is 0 Å². The van der Waals surface area contributed by atoms with Crippen LogP contribution in [0.1, 0.15) is 95.6 Å². The molecule has 0 N–H and O–H groups in total. The molecule has 0 aliphatic heterocycles. The highest BCUT2D eigenvalue weighted by Crippen LogP contribution is 2.48. The molecule has 0 saturated heterocycles. The molecule has 3 aliphatic rings. The topological polar surface area (TPSA) is 0 Å². The Morgan fingerprint density at radius 2 is 1.70 bits per heavy atom. The Morgan fingerprint density at radius 1 is 0.970 bits per heavy atom. The molecule has 3 aliphatic carbocycles. The summed E-state index contributed by atoms with van der Waals surface area (Å²) >= 11 is 0. The molecule has 2 fully saturated rings. The van der Waals surface area contributed by atoms with E-state index in [1.807, 2.05) is 0 Å². The van der Waals surface area contributed by atoms with Crippen molar-refractivity contribution in [2.24, 2.45) is 29.6 Å². The van der Waals surface area contributed by atoms with Crippen LogP contribution in [0, 0.1) is 29.6 Å². The number of hydrogen-bond donors (Lipinski definition) is 0. The second kappa shape index (κ2) is 11.1. The maximum Gasteiger partial charge on any atom is -0.00918 e. The van der Waals surface area contributed by atoms with Crippen molar-refractivity contribution in [1.29, 1.82) is 0 Å².